The van der Waals surface area contributed by atoms with Crippen molar-refractivity contribution in [1.82, 2.24) is 15.1 Å². The molecule has 5 nitrogen and oxygen atoms in total. The lowest BCUT2D eigenvalue weighted by Crippen LogP contribution is -2.34. The number of hydrogen-bond acceptors (Lipinski definition) is 5. The van der Waals surface area contributed by atoms with Gasteiger partial charge in [-0.05, 0) is 45.0 Å². The third-order valence-electron chi connectivity index (χ3n) is 4.33. The second kappa shape index (κ2) is 7.85. The number of nitrogens with zero attached hydrogens (tertiary/aromatic N) is 2. The molecule has 1 aliphatic rings. The summed E-state index contributed by atoms with van der Waals surface area (Å²) < 4.78 is 4.79. The van der Waals surface area contributed by atoms with Crippen LogP contribution in [0.2, 0.25) is 0 Å². The normalized spacial score (nSPS) is 16.2. The number of nitrogens with one attached hydrogen (secondary N) is 1. The van der Waals surface area contributed by atoms with E-state index in [0.717, 1.165) is 38.0 Å². The van der Waals surface area contributed by atoms with Crippen LogP contribution in [-0.4, -0.2) is 46.5 Å². The maximum Gasteiger partial charge on any atom is 0.356 e. The van der Waals surface area contributed by atoms with E-state index in [9.17, 15) is 4.79 Å². The van der Waals surface area contributed by atoms with Crippen molar-refractivity contribution < 1.29 is 9.53 Å². The Morgan fingerprint density at radius 3 is 2.92 bits per heavy atom. The first-order valence-corrected chi connectivity index (χ1v) is 9.10. The Morgan fingerprint density at radius 2 is 2.21 bits per heavy atom. The highest BCUT2D eigenvalue weighted by atomic mass is 32.2. The van der Waals surface area contributed by atoms with Gasteiger partial charge in [0.2, 0.25) is 0 Å². The molecule has 0 atom stereocenters. The molecule has 2 heterocycles. The highest BCUT2D eigenvalue weighted by molar-refractivity contribution is 8.00. The van der Waals surface area contributed by atoms with Gasteiger partial charge in [-0.2, -0.15) is 5.10 Å². The van der Waals surface area contributed by atoms with Crippen LogP contribution in [-0.2, 0) is 11.3 Å². The molecule has 6 heteroatoms. The zero-order chi connectivity index (χ0) is 16.9. The van der Waals surface area contributed by atoms with Crippen LogP contribution in [0, 0.1) is 6.92 Å². The molecular weight excluding hydrogens is 322 g/mol. The lowest BCUT2D eigenvalue weighted by Gasteiger charge is -2.31. The lowest BCUT2D eigenvalue weighted by atomic mass is 10.1. The quantitative estimate of drug-likeness (QED) is 0.843. The van der Waals surface area contributed by atoms with Crippen LogP contribution in [0.1, 0.15) is 34.5 Å². The van der Waals surface area contributed by atoms with Crippen LogP contribution in [0.5, 0.6) is 0 Å². The SMILES string of the molecule is COC(=O)c1[nH]ncc1CN1CCC(Sc2cccc(C)c2)CC1. The average molecular weight is 345 g/mol. The van der Waals surface area contributed by atoms with E-state index in [0.29, 0.717) is 10.9 Å². The maximum absolute atomic E-state index is 11.7. The van der Waals surface area contributed by atoms with E-state index in [4.69, 9.17) is 4.74 Å². The fraction of sp³-hybridized carbons (Fsp3) is 0.444. The molecular formula is C18H23N3O2S. The Bertz CT molecular complexity index is 693. The van der Waals surface area contributed by atoms with Crippen molar-refractivity contribution in [2.45, 2.75) is 36.5 Å². The molecule has 0 aliphatic carbocycles. The van der Waals surface area contributed by atoms with Crippen molar-refractivity contribution in [3.63, 3.8) is 0 Å². The molecule has 128 valence electrons. The highest BCUT2D eigenvalue weighted by Crippen LogP contribution is 2.31. The smallest absolute Gasteiger partial charge is 0.356 e. The van der Waals surface area contributed by atoms with Crippen molar-refractivity contribution in [3.05, 3.63) is 47.3 Å². The van der Waals surface area contributed by atoms with E-state index in [-0.39, 0.29) is 5.97 Å². The topological polar surface area (TPSA) is 58.2 Å². The van der Waals surface area contributed by atoms with Gasteiger partial charge in [-0.25, -0.2) is 4.79 Å². The van der Waals surface area contributed by atoms with E-state index in [1.165, 1.54) is 17.6 Å². The summed E-state index contributed by atoms with van der Waals surface area (Å²) in [6, 6.07) is 8.71. The molecule has 1 aliphatic heterocycles. The number of benzene rings is 1. The largest absolute Gasteiger partial charge is 0.464 e. The fourth-order valence-corrected chi connectivity index (χ4v) is 4.26. The van der Waals surface area contributed by atoms with Crippen molar-refractivity contribution in [3.8, 4) is 0 Å². The zero-order valence-corrected chi connectivity index (χ0v) is 14.9. The van der Waals surface area contributed by atoms with Gasteiger partial charge in [-0.15, -0.1) is 11.8 Å². The third-order valence-corrected chi connectivity index (χ3v) is 5.66. The predicted molar refractivity (Wildman–Crippen MR) is 95.3 cm³/mol. The van der Waals surface area contributed by atoms with Crippen molar-refractivity contribution >= 4 is 17.7 Å². The number of rotatable bonds is 5. The minimum Gasteiger partial charge on any atom is -0.464 e. The lowest BCUT2D eigenvalue weighted by molar-refractivity contribution is 0.0591. The predicted octanol–water partition coefficient (Wildman–Crippen LogP) is 3.26. The summed E-state index contributed by atoms with van der Waals surface area (Å²) in [5.74, 6) is -0.354. The number of carbonyl (C=O) groups is 1. The van der Waals surface area contributed by atoms with E-state index in [1.54, 1.807) is 6.20 Å². The van der Waals surface area contributed by atoms with E-state index in [1.807, 2.05) is 11.8 Å². The van der Waals surface area contributed by atoms with Gasteiger partial charge < -0.3 is 4.74 Å². The molecule has 0 amide bonds. The van der Waals surface area contributed by atoms with Crippen molar-refractivity contribution in [2.24, 2.45) is 0 Å². The van der Waals surface area contributed by atoms with Gasteiger partial charge in [0.1, 0.15) is 5.69 Å². The molecule has 2 aromatic rings. The maximum atomic E-state index is 11.7. The molecule has 1 saturated heterocycles. The summed E-state index contributed by atoms with van der Waals surface area (Å²) in [7, 11) is 1.39. The molecule has 3 rings (SSSR count). The van der Waals surface area contributed by atoms with Gasteiger partial charge in [0.15, 0.2) is 0 Å². The molecule has 1 aromatic heterocycles. The fourth-order valence-electron chi connectivity index (χ4n) is 3.02. The third kappa shape index (κ3) is 4.19. The number of aromatic nitrogens is 2. The monoisotopic (exact) mass is 345 g/mol. The van der Waals surface area contributed by atoms with Crippen LogP contribution < -0.4 is 0 Å². The molecule has 1 N–H and O–H groups in total. The average Bonchev–Trinajstić information content (AvgIpc) is 3.04. The first-order valence-electron chi connectivity index (χ1n) is 8.22. The van der Waals surface area contributed by atoms with E-state index >= 15 is 0 Å². The first-order chi connectivity index (χ1) is 11.7. The van der Waals surface area contributed by atoms with Gasteiger partial charge in [-0.3, -0.25) is 10.00 Å². The van der Waals surface area contributed by atoms with E-state index < -0.39 is 0 Å². The second-order valence-electron chi connectivity index (χ2n) is 6.17. The summed E-state index contributed by atoms with van der Waals surface area (Å²) in [5.41, 5.74) is 2.69. The number of piperidine rings is 1. The summed E-state index contributed by atoms with van der Waals surface area (Å²) in [6.07, 6.45) is 4.04. The Balaban J connectivity index is 1.52. The van der Waals surface area contributed by atoms with Crippen LogP contribution >= 0.6 is 11.8 Å². The molecule has 0 spiro atoms. The number of H-pyrrole nitrogens is 1. The highest BCUT2D eigenvalue weighted by Gasteiger charge is 2.22. The molecule has 1 fully saturated rings. The van der Waals surface area contributed by atoms with Crippen LogP contribution in [0.25, 0.3) is 0 Å². The summed E-state index contributed by atoms with van der Waals surface area (Å²) in [6.45, 7) is 4.95. The molecule has 0 bridgehead atoms. The number of aromatic amines is 1. The first kappa shape index (κ1) is 17.0. The standard InChI is InChI=1S/C18H23N3O2S/c1-13-4-3-5-16(10-13)24-15-6-8-21(9-7-15)12-14-11-19-20-17(14)18(22)23-2/h3-5,10-11,15H,6-9,12H2,1-2H3,(H,19,20). The van der Waals surface area contributed by atoms with Gasteiger partial charge >= 0.3 is 5.97 Å². The van der Waals surface area contributed by atoms with Gasteiger partial charge in [0, 0.05) is 22.3 Å². The second-order valence-corrected chi connectivity index (χ2v) is 7.55. The van der Waals surface area contributed by atoms with Gasteiger partial charge in [0.25, 0.3) is 0 Å². The Hall–Kier alpha value is -1.79. The van der Waals surface area contributed by atoms with E-state index in [2.05, 4.69) is 46.3 Å². The number of likely N-dealkylation sites (tertiary alicyclic amines) is 1. The number of methoxy groups -OCH3 is 1. The molecule has 1 aromatic carbocycles. The zero-order valence-electron chi connectivity index (χ0n) is 14.1. The number of esters is 1. The molecule has 0 radical (unpaired) electrons. The van der Waals surface area contributed by atoms with Crippen molar-refractivity contribution in [1.29, 1.82) is 0 Å². The Labute approximate surface area is 146 Å². The number of hydrogen-bond donors (Lipinski definition) is 1. The number of aryl methyl sites for hydroxylation is 1. The molecule has 0 unspecified atom stereocenters. The summed E-state index contributed by atoms with van der Waals surface area (Å²) >= 11 is 1.98. The van der Waals surface area contributed by atoms with Crippen LogP contribution in [0.4, 0.5) is 0 Å². The molecule has 24 heavy (non-hydrogen) atoms. The Kier molecular flexibility index (Phi) is 5.58. The summed E-state index contributed by atoms with van der Waals surface area (Å²) in [5, 5.41) is 7.38. The molecule has 0 saturated carbocycles. The van der Waals surface area contributed by atoms with Crippen molar-refractivity contribution in [2.75, 3.05) is 20.2 Å². The number of thioether (sulfide) groups is 1. The number of carbonyl (C=O) groups excluding carboxylic acids is 1. The summed E-state index contributed by atoms with van der Waals surface area (Å²) in [4.78, 5) is 15.4. The number of ether oxygens (including phenoxy) is 1. The minimum absolute atomic E-state index is 0.354. The van der Waals surface area contributed by atoms with Crippen LogP contribution in [0.3, 0.4) is 0 Å². The van der Waals surface area contributed by atoms with Crippen LogP contribution in [0.15, 0.2) is 35.4 Å². The van der Waals surface area contributed by atoms with Gasteiger partial charge in [-0.1, -0.05) is 17.7 Å². The van der Waals surface area contributed by atoms with Gasteiger partial charge in [0.05, 0.1) is 13.3 Å². The Morgan fingerprint density at radius 1 is 1.42 bits per heavy atom. The minimum atomic E-state index is -0.354.